The first kappa shape index (κ1) is 11.3. The number of aliphatic imine (C=N–C) groups is 2. The van der Waals surface area contributed by atoms with E-state index in [4.69, 9.17) is 11.6 Å². The number of halogens is 1. The van der Waals surface area contributed by atoms with Crippen molar-refractivity contribution in [2.45, 2.75) is 5.00 Å². The molecule has 76 valence electrons. The fraction of sp³-hybridized carbons (Fsp3) is 0.200. The maximum Gasteiger partial charge on any atom is 0.237 e. The molecule has 0 aliphatic carbocycles. The van der Waals surface area contributed by atoms with Crippen LogP contribution in [0, 0.1) is 0 Å². The van der Waals surface area contributed by atoms with Gasteiger partial charge in [0.05, 0.1) is 6.54 Å². The largest absolute Gasteiger partial charge is 0.237 e. The molecule has 1 aromatic rings. The van der Waals surface area contributed by atoms with Crippen LogP contribution in [0.4, 0.5) is 0 Å². The third-order valence-corrected chi connectivity index (χ3v) is 2.21. The van der Waals surface area contributed by atoms with Gasteiger partial charge in [0, 0.05) is 0 Å². The van der Waals surface area contributed by atoms with Gasteiger partial charge in [0.2, 0.25) is 12.2 Å². The first-order valence-corrected chi connectivity index (χ1v) is 4.48. The van der Waals surface area contributed by atoms with Gasteiger partial charge < -0.3 is 0 Å². The summed E-state index contributed by atoms with van der Waals surface area (Å²) in [5, 5.41) is 0. The number of nitrogens with zero attached hydrogens (tertiary/aromatic N) is 2. The van der Waals surface area contributed by atoms with Gasteiger partial charge in [0.25, 0.3) is 0 Å². The van der Waals surface area contributed by atoms with Crippen LogP contribution < -0.4 is 0 Å². The molecular weight excluding hydrogens is 216 g/mol. The minimum atomic E-state index is -1.36. The van der Waals surface area contributed by atoms with Crippen molar-refractivity contribution in [3.63, 3.8) is 0 Å². The number of alkyl halides is 1. The molecule has 0 fully saturated rings. The lowest BCUT2D eigenvalue weighted by atomic mass is 10.1. The van der Waals surface area contributed by atoms with E-state index in [-0.39, 0.29) is 6.54 Å². The minimum Gasteiger partial charge on any atom is -0.211 e. The van der Waals surface area contributed by atoms with Crippen LogP contribution in [0.2, 0.25) is 0 Å². The van der Waals surface area contributed by atoms with Gasteiger partial charge >= 0.3 is 0 Å². The van der Waals surface area contributed by atoms with Gasteiger partial charge in [-0.25, -0.2) is 14.6 Å². The number of hydrogen-bond acceptors (Lipinski definition) is 4. The molecule has 0 N–H and O–H groups in total. The fourth-order valence-corrected chi connectivity index (χ4v) is 1.31. The summed E-state index contributed by atoms with van der Waals surface area (Å²) in [5.74, 6) is 0. The molecule has 0 saturated heterocycles. The van der Waals surface area contributed by atoms with Crippen molar-refractivity contribution in [2.24, 2.45) is 9.98 Å². The van der Waals surface area contributed by atoms with E-state index < -0.39 is 5.00 Å². The van der Waals surface area contributed by atoms with Crippen LogP contribution in [0.5, 0.6) is 0 Å². The summed E-state index contributed by atoms with van der Waals surface area (Å²) in [6.07, 6.45) is 2.72. The summed E-state index contributed by atoms with van der Waals surface area (Å²) >= 11 is 6.04. The molecule has 0 spiro atoms. The Balaban J connectivity index is 3.11. The minimum absolute atomic E-state index is 0.142. The van der Waals surface area contributed by atoms with Crippen molar-refractivity contribution >= 4 is 23.8 Å². The summed E-state index contributed by atoms with van der Waals surface area (Å²) in [6, 6.07) is 8.67. The van der Waals surface area contributed by atoms with Crippen LogP contribution in [0.1, 0.15) is 5.56 Å². The second kappa shape index (κ2) is 5.23. The SMILES string of the molecule is O=C=NCC(Cl)(N=C=O)c1ccccc1. The van der Waals surface area contributed by atoms with Crippen LogP contribution in [-0.4, -0.2) is 18.7 Å². The second-order valence-electron chi connectivity index (χ2n) is 2.74. The zero-order valence-corrected chi connectivity index (χ0v) is 8.44. The van der Waals surface area contributed by atoms with Gasteiger partial charge in [0.15, 0.2) is 5.00 Å². The number of rotatable bonds is 4. The van der Waals surface area contributed by atoms with Gasteiger partial charge in [0.1, 0.15) is 0 Å². The Bertz CT molecular complexity index is 422. The van der Waals surface area contributed by atoms with E-state index in [1.54, 1.807) is 30.3 Å². The van der Waals surface area contributed by atoms with Crippen molar-refractivity contribution in [2.75, 3.05) is 6.54 Å². The molecule has 0 radical (unpaired) electrons. The van der Waals surface area contributed by atoms with Crippen LogP contribution >= 0.6 is 11.6 Å². The average molecular weight is 223 g/mol. The number of carbonyl (C=O) groups excluding carboxylic acids is 2. The highest BCUT2D eigenvalue weighted by molar-refractivity contribution is 6.24. The fourth-order valence-electron chi connectivity index (χ4n) is 1.09. The molecule has 15 heavy (non-hydrogen) atoms. The van der Waals surface area contributed by atoms with Gasteiger partial charge in [-0.1, -0.05) is 41.9 Å². The molecule has 1 unspecified atom stereocenters. The lowest BCUT2D eigenvalue weighted by molar-refractivity contribution is 0.545. The standard InChI is InChI=1S/C10H7ClN2O2/c11-10(13-8-15,6-12-7-14)9-4-2-1-3-5-9/h1-5H,6H2. The van der Waals surface area contributed by atoms with Crippen molar-refractivity contribution < 1.29 is 9.59 Å². The molecule has 0 heterocycles. The molecular formula is C10H7ClN2O2. The van der Waals surface area contributed by atoms with Crippen LogP contribution in [0.3, 0.4) is 0 Å². The van der Waals surface area contributed by atoms with Gasteiger partial charge in [-0.2, -0.15) is 4.99 Å². The Labute approximate surface area is 91.3 Å². The Morgan fingerprint density at radius 3 is 2.40 bits per heavy atom. The van der Waals surface area contributed by atoms with Crippen LogP contribution in [0.15, 0.2) is 40.3 Å². The van der Waals surface area contributed by atoms with E-state index in [0.717, 1.165) is 0 Å². The molecule has 5 heteroatoms. The van der Waals surface area contributed by atoms with E-state index in [9.17, 15) is 9.59 Å². The van der Waals surface area contributed by atoms with E-state index in [1.807, 2.05) is 0 Å². The van der Waals surface area contributed by atoms with Gasteiger partial charge in [-0.15, -0.1) is 0 Å². The molecule has 0 bridgehead atoms. The average Bonchev–Trinajstić information content (AvgIpc) is 2.28. The molecule has 0 amide bonds. The normalized spacial score (nSPS) is 13.1. The summed E-state index contributed by atoms with van der Waals surface area (Å²) in [5.41, 5.74) is 0.578. The molecule has 1 aromatic carbocycles. The maximum atomic E-state index is 10.2. The smallest absolute Gasteiger partial charge is 0.211 e. The van der Waals surface area contributed by atoms with Crippen molar-refractivity contribution in [1.29, 1.82) is 0 Å². The molecule has 4 nitrogen and oxygen atoms in total. The summed E-state index contributed by atoms with van der Waals surface area (Å²) in [4.78, 5) is 25.7. The predicted octanol–water partition coefficient (Wildman–Crippen LogP) is 1.75. The first-order valence-electron chi connectivity index (χ1n) is 4.10. The third kappa shape index (κ3) is 2.86. The van der Waals surface area contributed by atoms with Gasteiger partial charge in [-0.3, -0.25) is 0 Å². The highest BCUT2D eigenvalue weighted by Crippen LogP contribution is 2.30. The molecule has 1 rings (SSSR count). The molecule has 1 atom stereocenters. The number of hydrogen-bond donors (Lipinski definition) is 0. The summed E-state index contributed by atoms with van der Waals surface area (Å²) < 4.78 is 0. The zero-order valence-electron chi connectivity index (χ0n) is 7.68. The topological polar surface area (TPSA) is 58.9 Å². The van der Waals surface area contributed by atoms with Crippen molar-refractivity contribution in [3.05, 3.63) is 35.9 Å². The van der Waals surface area contributed by atoms with Crippen LogP contribution in [0.25, 0.3) is 0 Å². The lowest BCUT2D eigenvalue weighted by Crippen LogP contribution is -2.19. The molecule has 0 saturated carbocycles. The Kier molecular flexibility index (Phi) is 3.95. The highest BCUT2D eigenvalue weighted by atomic mass is 35.5. The first-order chi connectivity index (χ1) is 7.23. The maximum absolute atomic E-state index is 10.2. The Hall–Kier alpha value is -1.73. The van der Waals surface area contributed by atoms with Crippen molar-refractivity contribution in [3.8, 4) is 0 Å². The molecule has 0 aliphatic rings. The molecule has 0 aliphatic heterocycles. The van der Waals surface area contributed by atoms with E-state index in [1.165, 1.54) is 12.2 Å². The van der Waals surface area contributed by atoms with Crippen molar-refractivity contribution in [1.82, 2.24) is 0 Å². The van der Waals surface area contributed by atoms with Crippen LogP contribution in [-0.2, 0) is 14.6 Å². The third-order valence-electron chi connectivity index (χ3n) is 1.79. The van der Waals surface area contributed by atoms with Gasteiger partial charge in [-0.05, 0) is 5.56 Å². The van der Waals surface area contributed by atoms with E-state index in [0.29, 0.717) is 5.56 Å². The highest BCUT2D eigenvalue weighted by Gasteiger charge is 2.28. The summed E-state index contributed by atoms with van der Waals surface area (Å²) in [7, 11) is 0. The number of benzene rings is 1. The van der Waals surface area contributed by atoms with E-state index in [2.05, 4.69) is 9.98 Å². The second-order valence-corrected chi connectivity index (χ2v) is 3.36. The Morgan fingerprint density at radius 1 is 1.20 bits per heavy atom. The van der Waals surface area contributed by atoms with E-state index >= 15 is 0 Å². The number of isocyanates is 2. The zero-order chi connectivity index (χ0) is 11.1. The Morgan fingerprint density at radius 2 is 1.87 bits per heavy atom. The quantitative estimate of drug-likeness (QED) is 0.337. The molecule has 0 aromatic heterocycles. The lowest BCUT2D eigenvalue weighted by Gasteiger charge is -2.17. The predicted molar refractivity (Wildman–Crippen MR) is 55.1 cm³/mol. The monoisotopic (exact) mass is 222 g/mol. The summed E-state index contributed by atoms with van der Waals surface area (Å²) in [6.45, 7) is -0.142.